The maximum absolute atomic E-state index is 13.7. The van der Waals surface area contributed by atoms with Crippen molar-refractivity contribution in [2.24, 2.45) is 5.92 Å². The lowest BCUT2D eigenvalue weighted by molar-refractivity contribution is -0.118. The molecule has 5 nitrogen and oxygen atoms in total. The van der Waals surface area contributed by atoms with E-state index in [2.05, 4.69) is 12.2 Å². The van der Waals surface area contributed by atoms with Gasteiger partial charge in [0.1, 0.15) is 4.83 Å². The lowest BCUT2D eigenvalue weighted by Gasteiger charge is -2.17. The number of carbonyl (C=O) groups excluding carboxylic acids is 1. The fraction of sp³-hybridized carbons (Fsp3) is 0.269. The fourth-order valence-corrected chi connectivity index (χ4v) is 6.52. The summed E-state index contributed by atoms with van der Waals surface area (Å²) < 4.78 is 1.67. The van der Waals surface area contributed by atoms with E-state index in [1.807, 2.05) is 60.7 Å². The summed E-state index contributed by atoms with van der Waals surface area (Å²) in [7, 11) is 0. The molecule has 0 radical (unpaired) electrons. The molecule has 1 aliphatic rings. The number of carbonyl (C=O) groups is 1. The third kappa shape index (κ3) is 4.61. The maximum atomic E-state index is 13.7. The van der Waals surface area contributed by atoms with Gasteiger partial charge in [-0.05, 0) is 48.4 Å². The molecule has 0 saturated heterocycles. The SMILES string of the molecule is C[C@@H]1CCc2c(sc3nc(SCC(=O)NCc4ccccc4)n(-c4ccccc4)c(=O)c23)C1. The van der Waals surface area contributed by atoms with Gasteiger partial charge in [-0.2, -0.15) is 0 Å². The number of aryl methyl sites for hydroxylation is 1. The van der Waals surface area contributed by atoms with E-state index in [-0.39, 0.29) is 17.2 Å². The van der Waals surface area contributed by atoms with Gasteiger partial charge in [0.2, 0.25) is 5.91 Å². The van der Waals surface area contributed by atoms with Gasteiger partial charge in [-0.25, -0.2) is 4.98 Å². The first-order valence-electron chi connectivity index (χ1n) is 11.2. The second kappa shape index (κ2) is 9.53. The van der Waals surface area contributed by atoms with Crippen molar-refractivity contribution in [3.05, 3.63) is 87.0 Å². The van der Waals surface area contributed by atoms with Crippen LogP contribution in [0.4, 0.5) is 0 Å². The maximum Gasteiger partial charge on any atom is 0.267 e. The molecule has 2 aromatic carbocycles. The van der Waals surface area contributed by atoms with Crippen LogP contribution in [0.2, 0.25) is 0 Å². The number of thioether (sulfide) groups is 1. The van der Waals surface area contributed by atoms with Crippen molar-refractivity contribution < 1.29 is 4.79 Å². The number of para-hydroxylation sites is 1. The minimum absolute atomic E-state index is 0.0366. The molecule has 0 aliphatic heterocycles. The van der Waals surface area contributed by atoms with Crippen molar-refractivity contribution in [2.75, 3.05) is 5.75 Å². The standard InChI is InChI=1S/C26H25N3O2S2/c1-17-12-13-20-21(14-17)33-24-23(20)25(31)29(19-10-6-3-7-11-19)26(28-24)32-16-22(30)27-15-18-8-4-2-5-9-18/h2-11,17H,12-16H2,1H3,(H,27,30)/t17-/m1/s1. The monoisotopic (exact) mass is 475 g/mol. The Morgan fingerprint density at radius 3 is 2.64 bits per heavy atom. The van der Waals surface area contributed by atoms with Gasteiger partial charge >= 0.3 is 0 Å². The van der Waals surface area contributed by atoms with Crippen LogP contribution in [0, 0.1) is 5.92 Å². The number of nitrogens with one attached hydrogen (secondary N) is 1. The number of rotatable bonds is 6. The number of fused-ring (bicyclic) bond motifs is 3. The Morgan fingerprint density at radius 2 is 1.88 bits per heavy atom. The summed E-state index contributed by atoms with van der Waals surface area (Å²) in [5.74, 6) is 0.737. The lowest BCUT2D eigenvalue weighted by atomic mass is 9.89. The van der Waals surface area contributed by atoms with Crippen molar-refractivity contribution >= 4 is 39.2 Å². The second-order valence-corrected chi connectivity index (χ2v) is 10.5. The van der Waals surface area contributed by atoms with Crippen LogP contribution >= 0.6 is 23.1 Å². The van der Waals surface area contributed by atoms with E-state index in [0.717, 1.165) is 40.7 Å². The molecule has 168 valence electrons. The molecule has 5 rings (SSSR count). The summed E-state index contributed by atoms with van der Waals surface area (Å²) in [6.07, 6.45) is 3.03. The van der Waals surface area contributed by atoms with Gasteiger partial charge in [-0.3, -0.25) is 14.2 Å². The van der Waals surface area contributed by atoms with Gasteiger partial charge in [-0.1, -0.05) is 67.2 Å². The molecule has 33 heavy (non-hydrogen) atoms. The molecule has 1 aliphatic carbocycles. The van der Waals surface area contributed by atoms with E-state index in [9.17, 15) is 9.59 Å². The summed E-state index contributed by atoms with van der Waals surface area (Å²) in [4.78, 5) is 33.2. The van der Waals surface area contributed by atoms with E-state index >= 15 is 0 Å². The third-order valence-electron chi connectivity index (χ3n) is 5.98. The van der Waals surface area contributed by atoms with Crippen LogP contribution in [0.3, 0.4) is 0 Å². The smallest absolute Gasteiger partial charge is 0.267 e. The first-order valence-corrected chi connectivity index (χ1v) is 13.0. The number of hydrogen-bond donors (Lipinski definition) is 1. The topological polar surface area (TPSA) is 64.0 Å². The average Bonchev–Trinajstić information content (AvgIpc) is 3.20. The molecule has 0 unspecified atom stereocenters. The first kappa shape index (κ1) is 21.9. The predicted molar refractivity (Wildman–Crippen MR) is 135 cm³/mol. The van der Waals surface area contributed by atoms with Gasteiger partial charge < -0.3 is 5.32 Å². The van der Waals surface area contributed by atoms with Crippen LogP contribution < -0.4 is 10.9 Å². The van der Waals surface area contributed by atoms with Crippen LogP contribution in [-0.4, -0.2) is 21.2 Å². The highest BCUT2D eigenvalue weighted by atomic mass is 32.2. The van der Waals surface area contributed by atoms with Crippen LogP contribution in [0.5, 0.6) is 0 Å². The van der Waals surface area contributed by atoms with E-state index in [1.54, 1.807) is 15.9 Å². The Morgan fingerprint density at radius 1 is 1.15 bits per heavy atom. The highest BCUT2D eigenvalue weighted by Gasteiger charge is 2.25. The molecule has 1 amide bonds. The minimum Gasteiger partial charge on any atom is -0.351 e. The second-order valence-electron chi connectivity index (χ2n) is 8.45. The summed E-state index contributed by atoms with van der Waals surface area (Å²) >= 11 is 2.95. The third-order valence-corrected chi connectivity index (χ3v) is 8.06. The van der Waals surface area contributed by atoms with Crippen molar-refractivity contribution in [1.29, 1.82) is 0 Å². The highest BCUT2D eigenvalue weighted by molar-refractivity contribution is 7.99. The van der Waals surface area contributed by atoms with Crippen LogP contribution in [0.25, 0.3) is 15.9 Å². The molecular formula is C26H25N3O2S2. The Hall–Kier alpha value is -2.90. The largest absolute Gasteiger partial charge is 0.351 e. The number of thiophene rings is 1. The summed E-state index contributed by atoms with van der Waals surface area (Å²) in [6.45, 7) is 2.74. The molecule has 0 spiro atoms. The van der Waals surface area contributed by atoms with Gasteiger partial charge in [0, 0.05) is 11.4 Å². The molecule has 4 aromatic rings. The Balaban J connectivity index is 1.47. The van der Waals surface area contributed by atoms with Crippen LogP contribution in [-0.2, 0) is 24.2 Å². The molecule has 2 heterocycles. The van der Waals surface area contributed by atoms with Crippen LogP contribution in [0.1, 0.15) is 29.3 Å². The number of benzene rings is 2. The highest BCUT2D eigenvalue weighted by Crippen LogP contribution is 2.37. The zero-order chi connectivity index (χ0) is 22.8. The van der Waals surface area contributed by atoms with Crippen LogP contribution in [0.15, 0.2) is 70.6 Å². The molecule has 1 atom stereocenters. The average molecular weight is 476 g/mol. The van der Waals surface area contributed by atoms with E-state index < -0.39 is 0 Å². The Bertz CT molecular complexity index is 1350. The van der Waals surface area contributed by atoms with Gasteiger partial charge in [0.05, 0.1) is 16.8 Å². The van der Waals surface area contributed by atoms with Gasteiger partial charge in [0.15, 0.2) is 5.16 Å². The molecule has 0 saturated carbocycles. The van der Waals surface area contributed by atoms with Crippen molar-refractivity contribution in [1.82, 2.24) is 14.9 Å². The summed E-state index contributed by atoms with van der Waals surface area (Å²) in [5, 5.41) is 4.26. The Kier molecular flexibility index (Phi) is 6.33. The molecule has 0 fully saturated rings. The quantitative estimate of drug-likeness (QED) is 0.316. The summed E-state index contributed by atoms with van der Waals surface area (Å²) in [5.41, 5.74) is 2.96. The molecule has 1 N–H and O–H groups in total. The van der Waals surface area contributed by atoms with E-state index in [0.29, 0.717) is 17.6 Å². The Labute approximate surface area is 200 Å². The minimum atomic E-state index is -0.0860. The summed E-state index contributed by atoms with van der Waals surface area (Å²) in [6, 6.07) is 19.4. The zero-order valence-electron chi connectivity index (χ0n) is 18.4. The molecule has 2 aromatic heterocycles. The van der Waals surface area contributed by atoms with E-state index in [1.165, 1.54) is 22.2 Å². The van der Waals surface area contributed by atoms with Gasteiger partial charge in [-0.15, -0.1) is 11.3 Å². The van der Waals surface area contributed by atoms with Crippen molar-refractivity contribution in [3.63, 3.8) is 0 Å². The lowest BCUT2D eigenvalue weighted by Crippen LogP contribution is -2.26. The van der Waals surface area contributed by atoms with Gasteiger partial charge in [0.25, 0.3) is 5.56 Å². The number of amides is 1. The number of aromatic nitrogens is 2. The molecule has 0 bridgehead atoms. The van der Waals surface area contributed by atoms with Crippen molar-refractivity contribution in [3.8, 4) is 5.69 Å². The fourth-order valence-electron chi connectivity index (χ4n) is 4.25. The normalized spacial score (nSPS) is 15.4. The van der Waals surface area contributed by atoms with E-state index in [4.69, 9.17) is 4.98 Å². The predicted octanol–water partition coefficient (Wildman–Crippen LogP) is 4.98. The first-order chi connectivity index (χ1) is 16.1. The zero-order valence-corrected chi connectivity index (χ0v) is 20.0. The van der Waals surface area contributed by atoms with Crippen molar-refractivity contribution in [2.45, 2.75) is 37.9 Å². The number of nitrogens with zero attached hydrogens (tertiary/aromatic N) is 2. The number of hydrogen-bond acceptors (Lipinski definition) is 5. The molecular weight excluding hydrogens is 450 g/mol. The molecule has 7 heteroatoms.